The van der Waals surface area contributed by atoms with Gasteiger partial charge in [0, 0.05) is 32.7 Å². The van der Waals surface area contributed by atoms with Crippen LogP contribution >= 0.6 is 0 Å². The van der Waals surface area contributed by atoms with E-state index in [0.29, 0.717) is 32.7 Å². The molecule has 1 aliphatic heterocycles. The van der Waals surface area contributed by atoms with E-state index in [0.717, 1.165) is 0 Å². The lowest BCUT2D eigenvalue weighted by atomic mass is 10.3. The summed E-state index contributed by atoms with van der Waals surface area (Å²) in [5, 5.41) is 13.3. The SMILES string of the molecule is C=CCNC(=O)NC(=O)CN1CCN(CC(=O)O)CC1. The first-order valence-corrected chi connectivity index (χ1v) is 6.36. The number of nitrogens with one attached hydrogen (secondary N) is 2. The monoisotopic (exact) mass is 284 g/mol. The van der Waals surface area contributed by atoms with Gasteiger partial charge in [-0.05, 0) is 0 Å². The molecule has 0 unspecified atom stereocenters. The number of carbonyl (C=O) groups excluding carboxylic acids is 2. The minimum Gasteiger partial charge on any atom is -0.480 e. The van der Waals surface area contributed by atoms with Gasteiger partial charge in [-0.15, -0.1) is 6.58 Å². The van der Waals surface area contributed by atoms with Gasteiger partial charge in [-0.1, -0.05) is 6.08 Å². The average Bonchev–Trinajstić information content (AvgIpc) is 2.38. The van der Waals surface area contributed by atoms with Crippen molar-refractivity contribution in [1.82, 2.24) is 20.4 Å². The second kappa shape index (κ2) is 8.28. The largest absolute Gasteiger partial charge is 0.480 e. The predicted molar refractivity (Wildman–Crippen MR) is 72.3 cm³/mol. The van der Waals surface area contributed by atoms with Crippen LogP contribution in [0.4, 0.5) is 4.79 Å². The normalized spacial score (nSPS) is 16.4. The van der Waals surface area contributed by atoms with Crippen molar-refractivity contribution < 1.29 is 19.5 Å². The Bertz CT molecular complexity index is 378. The number of rotatable bonds is 6. The minimum absolute atomic E-state index is 0.0179. The maximum absolute atomic E-state index is 11.6. The maximum atomic E-state index is 11.6. The molecular weight excluding hydrogens is 264 g/mol. The van der Waals surface area contributed by atoms with E-state index in [9.17, 15) is 14.4 Å². The first-order chi connectivity index (χ1) is 9.51. The number of carbonyl (C=O) groups is 3. The third-order valence-electron chi connectivity index (χ3n) is 2.85. The van der Waals surface area contributed by atoms with Crippen molar-refractivity contribution in [2.75, 3.05) is 45.8 Å². The molecule has 0 saturated carbocycles. The van der Waals surface area contributed by atoms with Crippen molar-refractivity contribution in [2.24, 2.45) is 0 Å². The molecule has 0 aromatic carbocycles. The summed E-state index contributed by atoms with van der Waals surface area (Å²) < 4.78 is 0. The molecule has 1 rings (SSSR count). The van der Waals surface area contributed by atoms with E-state index in [1.165, 1.54) is 6.08 Å². The number of urea groups is 1. The molecule has 1 heterocycles. The second-order valence-electron chi connectivity index (χ2n) is 4.49. The molecule has 0 aromatic rings. The molecule has 3 amide bonds. The molecule has 8 heteroatoms. The Kier molecular flexibility index (Phi) is 6.68. The highest BCUT2D eigenvalue weighted by atomic mass is 16.4. The number of hydrogen-bond acceptors (Lipinski definition) is 5. The molecule has 0 spiro atoms. The Hall–Kier alpha value is -1.93. The lowest BCUT2D eigenvalue weighted by Gasteiger charge is -2.33. The first kappa shape index (κ1) is 16.1. The number of nitrogens with zero attached hydrogens (tertiary/aromatic N) is 2. The van der Waals surface area contributed by atoms with Gasteiger partial charge in [0.1, 0.15) is 0 Å². The van der Waals surface area contributed by atoms with Crippen LogP contribution in [0.1, 0.15) is 0 Å². The lowest BCUT2D eigenvalue weighted by Crippen LogP contribution is -2.51. The van der Waals surface area contributed by atoms with Crippen LogP contribution in [0, 0.1) is 0 Å². The maximum Gasteiger partial charge on any atom is 0.321 e. The highest BCUT2D eigenvalue weighted by molar-refractivity contribution is 5.95. The van der Waals surface area contributed by atoms with Gasteiger partial charge in [-0.2, -0.15) is 0 Å². The number of amides is 3. The molecule has 20 heavy (non-hydrogen) atoms. The van der Waals surface area contributed by atoms with Crippen LogP contribution in [0.25, 0.3) is 0 Å². The van der Waals surface area contributed by atoms with Crippen LogP contribution in [0.3, 0.4) is 0 Å². The molecule has 112 valence electrons. The Balaban J connectivity index is 2.22. The van der Waals surface area contributed by atoms with Crippen LogP contribution in [0.2, 0.25) is 0 Å². The Labute approximate surface area is 117 Å². The highest BCUT2D eigenvalue weighted by Crippen LogP contribution is 2.00. The van der Waals surface area contributed by atoms with E-state index in [1.807, 2.05) is 9.80 Å². The third kappa shape index (κ3) is 6.30. The zero-order valence-electron chi connectivity index (χ0n) is 11.3. The summed E-state index contributed by atoms with van der Waals surface area (Å²) in [7, 11) is 0. The number of aliphatic carboxylic acids is 1. The van der Waals surface area contributed by atoms with Gasteiger partial charge in [0.15, 0.2) is 0 Å². The summed E-state index contributed by atoms with van der Waals surface area (Å²) in [5.41, 5.74) is 0. The molecule has 0 aromatic heterocycles. The van der Waals surface area contributed by atoms with Crippen molar-refractivity contribution in [3.05, 3.63) is 12.7 Å². The van der Waals surface area contributed by atoms with Gasteiger partial charge >= 0.3 is 12.0 Å². The van der Waals surface area contributed by atoms with Crippen LogP contribution in [-0.2, 0) is 9.59 Å². The Morgan fingerprint density at radius 3 is 2.15 bits per heavy atom. The molecule has 1 fully saturated rings. The van der Waals surface area contributed by atoms with E-state index in [2.05, 4.69) is 17.2 Å². The second-order valence-corrected chi connectivity index (χ2v) is 4.49. The molecule has 0 atom stereocenters. The highest BCUT2D eigenvalue weighted by Gasteiger charge is 2.20. The summed E-state index contributed by atoms with van der Waals surface area (Å²) in [6, 6.07) is -0.542. The topological polar surface area (TPSA) is 102 Å². The van der Waals surface area contributed by atoms with Crippen molar-refractivity contribution in [3.63, 3.8) is 0 Å². The molecule has 0 bridgehead atoms. The number of imide groups is 1. The summed E-state index contributed by atoms with van der Waals surface area (Å²) in [5.74, 6) is -1.23. The zero-order valence-corrected chi connectivity index (χ0v) is 11.3. The van der Waals surface area contributed by atoms with Gasteiger partial charge in [-0.25, -0.2) is 4.79 Å². The van der Waals surface area contributed by atoms with Crippen molar-refractivity contribution in [3.8, 4) is 0 Å². The number of hydrogen-bond donors (Lipinski definition) is 3. The quantitative estimate of drug-likeness (QED) is 0.524. The van der Waals surface area contributed by atoms with Crippen molar-refractivity contribution >= 4 is 17.9 Å². The average molecular weight is 284 g/mol. The number of carboxylic acids is 1. The molecule has 0 radical (unpaired) electrons. The fraction of sp³-hybridized carbons (Fsp3) is 0.583. The van der Waals surface area contributed by atoms with Crippen LogP contribution in [-0.4, -0.2) is 78.6 Å². The van der Waals surface area contributed by atoms with E-state index in [-0.39, 0.29) is 19.0 Å². The zero-order chi connectivity index (χ0) is 15.0. The van der Waals surface area contributed by atoms with Crippen molar-refractivity contribution in [1.29, 1.82) is 0 Å². The Morgan fingerprint density at radius 2 is 1.65 bits per heavy atom. The van der Waals surface area contributed by atoms with E-state index in [1.54, 1.807) is 0 Å². The molecule has 3 N–H and O–H groups in total. The summed E-state index contributed by atoms with van der Waals surface area (Å²) >= 11 is 0. The molecular formula is C12H20N4O4. The summed E-state index contributed by atoms with van der Waals surface area (Å²) in [6.07, 6.45) is 1.52. The van der Waals surface area contributed by atoms with Crippen LogP contribution < -0.4 is 10.6 Å². The van der Waals surface area contributed by atoms with Crippen LogP contribution in [0.15, 0.2) is 12.7 Å². The van der Waals surface area contributed by atoms with Gasteiger partial charge in [-0.3, -0.25) is 24.7 Å². The first-order valence-electron chi connectivity index (χ1n) is 6.36. The molecule has 1 saturated heterocycles. The van der Waals surface area contributed by atoms with Gasteiger partial charge in [0.05, 0.1) is 13.1 Å². The van der Waals surface area contributed by atoms with Gasteiger partial charge in [0.2, 0.25) is 5.91 Å². The van der Waals surface area contributed by atoms with Gasteiger partial charge < -0.3 is 10.4 Å². The summed E-state index contributed by atoms with van der Waals surface area (Å²) in [6.45, 7) is 6.31. The summed E-state index contributed by atoms with van der Waals surface area (Å²) in [4.78, 5) is 37.1. The van der Waals surface area contributed by atoms with E-state index in [4.69, 9.17) is 5.11 Å². The molecule has 1 aliphatic rings. The van der Waals surface area contributed by atoms with Gasteiger partial charge in [0.25, 0.3) is 0 Å². The predicted octanol–water partition coefficient (Wildman–Crippen LogP) is -1.30. The Morgan fingerprint density at radius 1 is 1.10 bits per heavy atom. The number of piperazine rings is 1. The van der Waals surface area contributed by atoms with E-state index < -0.39 is 12.0 Å². The molecule has 0 aliphatic carbocycles. The fourth-order valence-corrected chi connectivity index (χ4v) is 1.88. The minimum atomic E-state index is -0.852. The lowest BCUT2D eigenvalue weighted by molar-refractivity contribution is -0.139. The molecule has 8 nitrogen and oxygen atoms in total. The smallest absolute Gasteiger partial charge is 0.321 e. The third-order valence-corrected chi connectivity index (χ3v) is 2.85. The fourth-order valence-electron chi connectivity index (χ4n) is 1.88. The van der Waals surface area contributed by atoms with Crippen molar-refractivity contribution in [2.45, 2.75) is 0 Å². The van der Waals surface area contributed by atoms with Crippen LogP contribution in [0.5, 0.6) is 0 Å². The van der Waals surface area contributed by atoms with E-state index >= 15 is 0 Å². The standard InChI is InChI=1S/C12H20N4O4/c1-2-3-13-12(20)14-10(17)8-15-4-6-16(7-5-15)9-11(18)19/h2H,1,3-9H2,(H,18,19)(H2,13,14,17,20). The number of carboxylic acid groups (broad SMARTS) is 1.